The van der Waals surface area contributed by atoms with Crippen molar-refractivity contribution in [3.05, 3.63) is 29.3 Å². The Bertz CT molecular complexity index is 821. The van der Waals surface area contributed by atoms with Gasteiger partial charge in [0.15, 0.2) is 0 Å². The Kier molecular flexibility index (Phi) is 2.75. The quantitative estimate of drug-likeness (QED) is 0.793. The van der Waals surface area contributed by atoms with Crippen LogP contribution in [0, 0.1) is 5.92 Å². The third-order valence-electron chi connectivity index (χ3n) is 8.07. The van der Waals surface area contributed by atoms with Gasteiger partial charge in [-0.1, -0.05) is 6.07 Å². The van der Waals surface area contributed by atoms with Gasteiger partial charge in [-0.25, -0.2) is 0 Å². The van der Waals surface area contributed by atoms with Crippen LogP contribution in [0.4, 0.5) is 0 Å². The van der Waals surface area contributed by atoms with Crippen LogP contribution in [0.2, 0.25) is 0 Å². The van der Waals surface area contributed by atoms with Crippen molar-refractivity contribution in [3.63, 3.8) is 0 Å². The van der Waals surface area contributed by atoms with Gasteiger partial charge in [-0.3, -0.25) is 9.69 Å². The number of nitrogens with zero attached hydrogens (tertiary/aromatic N) is 1. The van der Waals surface area contributed by atoms with Crippen molar-refractivity contribution < 1.29 is 14.6 Å². The number of nitrogens with two attached hydrogens (primary N) is 1. The molecular formula is C21H26N2O3. The molecule has 26 heavy (non-hydrogen) atoms. The molecule has 4 atom stereocenters. The minimum absolute atomic E-state index is 0.207. The number of fused-ring (bicyclic) bond motifs is 3. The van der Waals surface area contributed by atoms with Crippen molar-refractivity contribution in [1.82, 2.24) is 4.90 Å². The number of phenolic OH excluding ortho intramolecular Hbond substituents is 1. The van der Waals surface area contributed by atoms with E-state index in [0.717, 1.165) is 44.7 Å². The van der Waals surface area contributed by atoms with Gasteiger partial charge < -0.3 is 15.6 Å². The first-order chi connectivity index (χ1) is 12.5. The lowest BCUT2D eigenvalue weighted by atomic mass is 9.45. The molecular weight excluding hydrogens is 328 g/mol. The van der Waals surface area contributed by atoms with Gasteiger partial charge in [-0.05, 0) is 80.7 Å². The maximum absolute atomic E-state index is 12.8. The molecule has 1 aromatic rings. The zero-order valence-corrected chi connectivity index (χ0v) is 15.0. The molecule has 138 valence electrons. The molecule has 3 aliphatic carbocycles. The number of ether oxygens (including phenoxy) is 1. The third-order valence-corrected chi connectivity index (χ3v) is 8.07. The summed E-state index contributed by atoms with van der Waals surface area (Å²) in [7, 11) is 0. The number of piperidine rings is 1. The number of carbonyl (C=O) groups is 1. The van der Waals surface area contributed by atoms with E-state index in [2.05, 4.69) is 11.0 Å². The summed E-state index contributed by atoms with van der Waals surface area (Å²) >= 11 is 0. The van der Waals surface area contributed by atoms with Crippen LogP contribution in [0.1, 0.15) is 49.7 Å². The van der Waals surface area contributed by atoms with E-state index in [4.69, 9.17) is 10.5 Å². The summed E-state index contributed by atoms with van der Waals surface area (Å²) in [6.07, 6.45) is 6.73. The summed E-state index contributed by atoms with van der Waals surface area (Å²) in [5.41, 5.74) is 7.44. The predicted octanol–water partition coefficient (Wildman–Crippen LogP) is 1.85. The maximum Gasteiger partial charge on any atom is 0.326 e. The molecule has 6 aliphatic rings. The summed E-state index contributed by atoms with van der Waals surface area (Å²) in [4.78, 5) is 15.4. The SMILES string of the molecule is N[C@]12CC[C@@]3(OC1=O)[C@H]1Cc4ccc(O)cc4[C@@]3(CCN1CC1CC1)C2. The van der Waals surface area contributed by atoms with Crippen molar-refractivity contribution in [3.8, 4) is 5.75 Å². The fraction of sp³-hybridized carbons (Fsp3) is 0.667. The molecule has 3 saturated heterocycles. The highest BCUT2D eigenvalue weighted by Crippen LogP contribution is 2.64. The number of benzene rings is 1. The average Bonchev–Trinajstić information content (AvgIpc) is 3.42. The van der Waals surface area contributed by atoms with Crippen molar-refractivity contribution in [2.24, 2.45) is 11.7 Å². The predicted molar refractivity (Wildman–Crippen MR) is 95.8 cm³/mol. The summed E-state index contributed by atoms with van der Waals surface area (Å²) < 4.78 is 6.28. The van der Waals surface area contributed by atoms with Crippen molar-refractivity contribution in [2.75, 3.05) is 13.1 Å². The number of hydrogen-bond acceptors (Lipinski definition) is 5. The highest BCUT2D eigenvalue weighted by molar-refractivity contribution is 5.84. The highest BCUT2D eigenvalue weighted by Gasteiger charge is 2.74. The van der Waals surface area contributed by atoms with Crippen molar-refractivity contribution in [1.29, 1.82) is 0 Å². The highest BCUT2D eigenvalue weighted by atomic mass is 16.6. The molecule has 5 nitrogen and oxygen atoms in total. The molecule has 5 fully saturated rings. The molecule has 2 saturated carbocycles. The second-order valence-corrected chi connectivity index (χ2v) is 9.44. The lowest BCUT2D eigenvalue weighted by Crippen LogP contribution is -2.82. The van der Waals surface area contributed by atoms with Crippen LogP contribution in [0.25, 0.3) is 0 Å². The van der Waals surface area contributed by atoms with E-state index >= 15 is 0 Å². The van der Waals surface area contributed by atoms with E-state index in [1.165, 1.54) is 24.0 Å². The number of rotatable bonds is 2. The summed E-state index contributed by atoms with van der Waals surface area (Å²) in [5, 5.41) is 10.2. The Labute approximate surface area is 153 Å². The van der Waals surface area contributed by atoms with Crippen molar-refractivity contribution >= 4 is 5.97 Å². The number of carbonyl (C=O) groups excluding carboxylic acids is 1. The van der Waals surface area contributed by atoms with E-state index < -0.39 is 11.1 Å². The van der Waals surface area contributed by atoms with E-state index in [-0.39, 0.29) is 17.4 Å². The van der Waals surface area contributed by atoms with Gasteiger partial charge in [-0.15, -0.1) is 0 Å². The molecule has 0 radical (unpaired) electrons. The van der Waals surface area contributed by atoms with Gasteiger partial charge in [0.25, 0.3) is 0 Å². The molecule has 3 heterocycles. The van der Waals surface area contributed by atoms with E-state index in [1.807, 2.05) is 6.07 Å². The number of aromatic hydroxyl groups is 1. The first-order valence-corrected chi connectivity index (χ1v) is 10.0. The number of phenols is 1. The van der Waals surface area contributed by atoms with Crippen LogP contribution in [-0.4, -0.2) is 46.2 Å². The van der Waals surface area contributed by atoms with Gasteiger partial charge in [0.05, 0.1) is 6.04 Å². The second-order valence-electron chi connectivity index (χ2n) is 9.44. The maximum atomic E-state index is 12.8. The zero-order valence-electron chi connectivity index (χ0n) is 15.0. The van der Waals surface area contributed by atoms with Gasteiger partial charge in [0.2, 0.25) is 0 Å². The summed E-state index contributed by atoms with van der Waals surface area (Å²) in [6.45, 7) is 2.16. The van der Waals surface area contributed by atoms with Gasteiger partial charge in [-0.2, -0.15) is 0 Å². The van der Waals surface area contributed by atoms with Crippen LogP contribution in [0.15, 0.2) is 18.2 Å². The monoisotopic (exact) mass is 354 g/mol. The normalized spacial score (nSPS) is 43.6. The molecule has 0 amide bonds. The smallest absolute Gasteiger partial charge is 0.326 e. The van der Waals surface area contributed by atoms with Gasteiger partial charge >= 0.3 is 5.97 Å². The molecule has 1 aromatic carbocycles. The number of hydrogen-bond donors (Lipinski definition) is 2. The molecule has 4 bridgehead atoms. The number of likely N-dealkylation sites (tertiary alicyclic amines) is 1. The molecule has 1 spiro atoms. The zero-order chi connectivity index (χ0) is 17.7. The van der Waals surface area contributed by atoms with E-state index in [9.17, 15) is 9.90 Å². The standard InChI is InChI=1S/C21H26N2O3/c22-20-5-6-21(26-18(20)25)17-9-14-3-4-15(24)10-16(14)19(21,12-20)7-8-23(17)11-13-1-2-13/h3-4,10,13,17,24H,1-2,5-9,11-12,22H2/t17-,19-,20+,21-/m1/s1. The Hall–Kier alpha value is -1.59. The van der Waals surface area contributed by atoms with E-state index in [0.29, 0.717) is 12.2 Å². The van der Waals surface area contributed by atoms with Gasteiger partial charge in [0.1, 0.15) is 16.9 Å². The molecule has 7 rings (SSSR count). The first kappa shape index (κ1) is 15.5. The summed E-state index contributed by atoms with van der Waals surface area (Å²) in [5.74, 6) is 0.906. The average molecular weight is 354 g/mol. The fourth-order valence-corrected chi connectivity index (χ4v) is 6.65. The fourth-order valence-electron chi connectivity index (χ4n) is 6.65. The molecule has 0 aromatic heterocycles. The largest absolute Gasteiger partial charge is 0.508 e. The number of esters is 1. The van der Waals surface area contributed by atoms with Crippen LogP contribution in [0.5, 0.6) is 5.75 Å². The Morgan fingerprint density at radius 3 is 2.88 bits per heavy atom. The minimum Gasteiger partial charge on any atom is -0.508 e. The van der Waals surface area contributed by atoms with Crippen LogP contribution in [-0.2, 0) is 21.4 Å². The molecule has 5 heteroatoms. The van der Waals surface area contributed by atoms with Gasteiger partial charge in [0, 0.05) is 12.0 Å². The van der Waals surface area contributed by atoms with Crippen LogP contribution >= 0.6 is 0 Å². The molecule has 3 N–H and O–H groups in total. The summed E-state index contributed by atoms with van der Waals surface area (Å²) in [6, 6.07) is 6.02. The Morgan fingerprint density at radius 2 is 2.12 bits per heavy atom. The lowest BCUT2D eigenvalue weighted by molar-refractivity contribution is -0.245. The lowest BCUT2D eigenvalue weighted by Gasteiger charge is -2.70. The second kappa shape index (κ2) is 4.63. The van der Waals surface area contributed by atoms with Crippen LogP contribution < -0.4 is 5.73 Å². The Balaban J connectivity index is 1.55. The van der Waals surface area contributed by atoms with Crippen molar-refractivity contribution in [2.45, 2.75) is 67.5 Å². The Morgan fingerprint density at radius 1 is 1.27 bits per heavy atom. The molecule has 3 aliphatic heterocycles. The van der Waals surface area contributed by atoms with Crippen LogP contribution in [0.3, 0.4) is 0 Å². The van der Waals surface area contributed by atoms with E-state index in [1.54, 1.807) is 6.07 Å². The third kappa shape index (κ3) is 1.71. The topological polar surface area (TPSA) is 75.8 Å². The minimum atomic E-state index is -0.870. The molecule has 0 unspecified atom stereocenters. The first-order valence-electron chi connectivity index (χ1n) is 10.0.